The lowest BCUT2D eigenvalue weighted by Gasteiger charge is -2.22. The zero-order valence-corrected chi connectivity index (χ0v) is 13.7. The molecule has 1 amide bonds. The normalized spacial score (nSPS) is 10.3. The Labute approximate surface area is 144 Å². The van der Waals surface area contributed by atoms with Gasteiger partial charge in [-0.05, 0) is 42.0 Å². The molecule has 0 heterocycles. The van der Waals surface area contributed by atoms with Gasteiger partial charge in [0.05, 0.1) is 12.8 Å². The summed E-state index contributed by atoms with van der Waals surface area (Å²) >= 11 is 11.7. The van der Waals surface area contributed by atoms with E-state index in [1.807, 2.05) is 0 Å². The van der Waals surface area contributed by atoms with Gasteiger partial charge < -0.3 is 10.0 Å². The SMILES string of the molecule is O=C(O)CCN(C(=O)Cc1ccc(Cl)cc1)c1ccc(Cl)cc1. The lowest BCUT2D eigenvalue weighted by molar-refractivity contribution is -0.136. The van der Waals surface area contributed by atoms with Gasteiger partial charge in [0.2, 0.25) is 5.91 Å². The second kappa shape index (κ2) is 7.99. The minimum atomic E-state index is -0.955. The molecule has 0 radical (unpaired) electrons. The molecule has 0 saturated heterocycles. The van der Waals surface area contributed by atoms with Gasteiger partial charge in [-0.2, -0.15) is 0 Å². The zero-order valence-electron chi connectivity index (χ0n) is 12.2. The van der Waals surface area contributed by atoms with Crippen molar-refractivity contribution in [3.63, 3.8) is 0 Å². The third-order valence-electron chi connectivity index (χ3n) is 3.26. The molecule has 0 fully saturated rings. The molecule has 0 aliphatic rings. The second-order valence-electron chi connectivity index (χ2n) is 4.97. The summed E-state index contributed by atoms with van der Waals surface area (Å²) in [5.41, 5.74) is 1.43. The average Bonchev–Trinajstić information content (AvgIpc) is 2.51. The lowest BCUT2D eigenvalue weighted by atomic mass is 10.1. The molecule has 0 aliphatic heterocycles. The third kappa shape index (κ3) is 5.27. The number of halogens is 2. The van der Waals surface area contributed by atoms with Crippen LogP contribution in [0.25, 0.3) is 0 Å². The highest BCUT2D eigenvalue weighted by atomic mass is 35.5. The van der Waals surface area contributed by atoms with E-state index in [2.05, 4.69) is 0 Å². The van der Waals surface area contributed by atoms with Crippen LogP contribution in [0, 0.1) is 0 Å². The van der Waals surface area contributed by atoms with Crippen LogP contribution < -0.4 is 4.90 Å². The highest BCUT2D eigenvalue weighted by molar-refractivity contribution is 6.30. The van der Waals surface area contributed by atoms with Gasteiger partial charge in [0.15, 0.2) is 0 Å². The van der Waals surface area contributed by atoms with E-state index in [9.17, 15) is 9.59 Å². The number of carbonyl (C=O) groups excluding carboxylic acids is 1. The first-order valence-electron chi connectivity index (χ1n) is 6.98. The Bertz CT molecular complexity index is 684. The summed E-state index contributed by atoms with van der Waals surface area (Å²) in [7, 11) is 0. The van der Waals surface area contributed by atoms with Crippen LogP contribution in [0.2, 0.25) is 10.0 Å². The van der Waals surface area contributed by atoms with Gasteiger partial charge in [-0.3, -0.25) is 9.59 Å². The maximum Gasteiger partial charge on any atom is 0.305 e. The van der Waals surface area contributed by atoms with Crippen molar-refractivity contribution < 1.29 is 14.7 Å². The number of benzene rings is 2. The Kier molecular flexibility index (Phi) is 6.02. The maximum atomic E-state index is 12.6. The fourth-order valence-corrected chi connectivity index (χ4v) is 2.35. The fraction of sp³-hybridized carbons (Fsp3) is 0.176. The maximum absolute atomic E-state index is 12.6. The summed E-state index contributed by atoms with van der Waals surface area (Å²) in [6, 6.07) is 13.7. The Morgan fingerprint density at radius 3 is 1.96 bits per heavy atom. The highest BCUT2D eigenvalue weighted by Crippen LogP contribution is 2.20. The van der Waals surface area contributed by atoms with Crippen molar-refractivity contribution in [1.29, 1.82) is 0 Å². The smallest absolute Gasteiger partial charge is 0.305 e. The van der Waals surface area contributed by atoms with Gasteiger partial charge in [-0.25, -0.2) is 0 Å². The van der Waals surface area contributed by atoms with Crippen LogP contribution in [0.1, 0.15) is 12.0 Å². The molecule has 0 spiro atoms. The van der Waals surface area contributed by atoms with Crippen LogP contribution >= 0.6 is 23.2 Å². The number of carbonyl (C=O) groups is 2. The molecule has 120 valence electrons. The summed E-state index contributed by atoms with van der Waals surface area (Å²) < 4.78 is 0. The molecule has 2 rings (SSSR count). The van der Waals surface area contributed by atoms with Crippen molar-refractivity contribution in [2.45, 2.75) is 12.8 Å². The molecular weight excluding hydrogens is 337 g/mol. The summed E-state index contributed by atoms with van der Waals surface area (Å²) in [6.45, 7) is 0.101. The summed E-state index contributed by atoms with van der Waals surface area (Å²) in [5, 5.41) is 10.0. The zero-order chi connectivity index (χ0) is 16.8. The Morgan fingerprint density at radius 1 is 0.913 bits per heavy atom. The highest BCUT2D eigenvalue weighted by Gasteiger charge is 2.17. The summed E-state index contributed by atoms with van der Waals surface area (Å²) in [6.07, 6.45) is 0.0361. The van der Waals surface area contributed by atoms with Crippen molar-refractivity contribution in [3.8, 4) is 0 Å². The Morgan fingerprint density at radius 2 is 1.43 bits per heavy atom. The number of carboxylic acid groups (broad SMARTS) is 1. The number of aliphatic carboxylic acids is 1. The number of carboxylic acids is 1. The predicted octanol–water partition coefficient (Wildman–Crippen LogP) is 4.04. The largest absolute Gasteiger partial charge is 0.481 e. The second-order valence-corrected chi connectivity index (χ2v) is 5.84. The molecule has 0 saturated carbocycles. The van der Waals surface area contributed by atoms with E-state index in [0.717, 1.165) is 5.56 Å². The number of hydrogen-bond acceptors (Lipinski definition) is 2. The molecule has 6 heteroatoms. The van der Waals surface area contributed by atoms with E-state index in [-0.39, 0.29) is 25.3 Å². The van der Waals surface area contributed by atoms with Gasteiger partial charge in [0.25, 0.3) is 0 Å². The molecule has 23 heavy (non-hydrogen) atoms. The van der Waals surface area contributed by atoms with Crippen LogP contribution in [0.4, 0.5) is 5.69 Å². The van der Waals surface area contributed by atoms with E-state index in [1.165, 1.54) is 4.90 Å². The third-order valence-corrected chi connectivity index (χ3v) is 3.76. The molecule has 0 bridgehead atoms. The van der Waals surface area contributed by atoms with E-state index in [1.54, 1.807) is 48.5 Å². The van der Waals surface area contributed by atoms with E-state index < -0.39 is 5.97 Å². The minimum absolute atomic E-state index is 0.101. The Hall–Kier alpha value is -2.04. The molecule has 1 N–H and O–H groups in total. The monoisotopic (exact) mass is 351 g/mol. The Balaban J connectivity index is 2.17. The molecule has 2 aromatic rings. The predicted molar refractivity (Wildman–Crippen MR) is 91.2 cm³/mol. The molecule has 0 atom stereocenters. The van der Waals surface area contributed by atoms with E-state index >= 15 is 0 Å². The van der Waals surface area contributed by atoms with Gasteiger partial charge >= 0.3 is 5.97 Å². The molecule has 0 aliphatic carbocycles. The number of rotatable bonds is 6. The van der Waals surface area contributed by atoms with Crippen LogP contribution in [-0.4, -0.2) is 23.5 Å². The number of nitrogens with zero attached hydrogens (tertiary/aromatic N) is 1. The van der Waals surface area contributed by atoms with Crippen molar-refractivity contribution in [1.82, 2.24) is 0 Å². The molecule has 0 unspecified atom stereocenters. The quantitative estimate of drug-likeness (QED) is 0.854. The van der Waals surface area contributed by atoms with Gasteiger partial charge in [0.1, 0.15) is 0 Å². The van der Waals surface area contributed by atoms with Crippen molar-refractivity contribution >= 4 is 40.8 Å². The molecular formula is C17H15Cl2NO3. The number of amides is 1. The minimum Gasteiger partial charge on any atom is -0.481 e. The van der Waals surface area contributed by atoms with Crippen molar-refractivity contribution in [2.24, 2.45) is 0 Å². The van der Waals surface area contributed by atoms with Gasteiger partial charge in [0, 0.05) is 22.3 Å². The topological polar surface area (TPSA) is 57.6 Å². The number of hydrogen-bond donors (Lipinski definition) is 1. The van der Waals surface area contributed by atoms with Crippen molar-refractivity contribution in [3.05, 3.63) is 64.1 Å². The van der Waals surface area contributed by atoms with Crippen molar-refractivity contribution in [2.75, 3.05) is 11.4 Å². The summed E-state index contributed by atoms with van der Waals surface area (Å²) in [4.78, 5) is 24.9. The fourth-order valence-electron chi connectivity index (χ4n) is 2.10. The van der Waals surface area contributed by atoms with E-state index in [0.29, 0.717) is 15.7 Å². The summed E-state index contributed by atoms with van der Waals surface area (Å²) in [5.74, 6) is -1.14. The molecule has 2 aromatic carbocycles. The molecule has 4 nitrogen and oxygen atoms in total. The van der Waals surface area contributed by atoms with Gasteiger partial charge in [-0.1, -0.05) is 35.3 Å². The number of anilines is 1. The standard InChI is InChI=1S/C17H15Cl2NO3/c18-13-3-1-12(2-4-13)11-16(21)20(10-9-17(22)23)15-7-5-14(19)6-8-15/h1-8H,9-11H2,(H,22,23). The van der Waals surface area contributed by atoms with E-state index in [4.69, 9.17) is 28.3 Å². The molecule has 0 aromatic heterocycles. The van der Waals surface area contributed by atoms with Gasteiger partial charge in [-0.15, -0.1) is 0 Å². The van der Waals surface area contributed by atoms with Crippen LogP contribution in [0.15, 0.2) is 48.5 Å². The van der Waals surface area contributed by atoms with Crippen LogP contribution in [0.3, 0.4) is 0 Å². The first-order chi connectivity index (χ1) is 11.0. The first-order valence-corrected chi connectivity index (χ1v) is 7.73. The lowest BCUT2D eigenvalue weighted by Crippen LogP contribution is -2.34. The van der Waals surface area contributed by atoms with Crippen LogP contribution in [-0.2, 0) is 16.0 Å². The first kappa shape index (κ1) is 17.3. The van der Waals surface area contributed by atoms with Crippen LogP contribution in [0.5, 0.6) is 0 Å². The average molecular weight is 352 g/mol.